The van der Waals surface area contributed by atoms with E-state index in [1.54, 1.807) is 6.92 Å². The van der Waals surface area contributed by atoms with E-state index in [9.17, 15) is 14.7 Å². The Balaban J connectivity index is 1.95. The van der Waals surface area contributed by atoms with Gasteiger partial charge in [-0.2, -0.15) is 0 Å². The fourth-order valence-electron chi connectivity index (χ4n) is 3.94. The fourth-order valence-corrected chi connectivity index (χ4v) is 3.94. The van der Waals surface area contributed by atoms with E-state index in [1.165, 1.54) is 0 Å². The first-order valence-electron chi connectivity index (χ1n) is 10.3. The lowest BCUT2D eigenvalue weighted by molar-refractivity contribution is -0.143. The van der Waals surface area contributed by atoms with Gasteiger partial charge in [0.05, 0.1) is 6.61 Å². The highest BCUT2D eigenvalue weighted by Crippen LogP contribution is 2.37. The van der Waals surface area contributed by atoms with Gasteiger partial charge in [-0.25, -0.2) is 4.79 Å². The number of aromatic nitrogens is 1. The number of carbonyl (C=O) groups excluding carboxylic acids is 1. The van der Waals surface area contributed by atoms with Gasteiger partial charge in [-0.3, -0.25) is 4.79 Å². The van der Waals surface area contributed by atoms with Crippen LogP contribution in [0.15, 0.2) is 72.8 Å². The summed E-state index contributed by atoms with van der Waals surface area (Å²) < 4.78 is 5.05. The van der Waals surface area contributed by atoms with Gasteiger partial charge in [0.2, 0.25) is 0 Å². The van der Waals surface area contributed by atoms with Crippen LogP contribution >= 0.6 is 0 Å². The molecule has 156 valence electrons. The molecule has 0 spiro atoms. The van der Waals surface area contributed by atoms with Gasteiger partial charge in [0, 0.05) is 17.3 Å². The second kappa shape index (κ2) is 8.88. The molecule has 0 aliphatic rings. The predicted molar refractivity (Wildman–Crippen MR) is 121 cm³/mol. The number of ether oxygens (including phenoxy) is 1. The number of carbonyl (C=O) groups is 2. The van der Waals surface area contributed by atoms with E-state index >= 15 is 0 Å². The summed E-state index contributed by atoms with van der Waals surface area (Å²) in [5, 5.41) is 10.7. The summed E-state index contributed by atoms with van der Waals surface area (Å²) in [5.41, 5.74) is 5.41. The highest BCUT2D eigenvalue weighted by Gasteiger charge is 2.22. The number of hydrogen-bond acceptors (Lipinski definition) is 3. The van der Waals surface area contributed by atoms with Crippen molar-refractivity contribution >= 4 is 22.8 Å². The lowest BCUT2D eigenvalue weighted by Gasteiger charge is -2.11. The zero-order valence-corrected chi connectivity index (χ0v) is 17.2. The van der Waals surface area contributed by atoms with Gasteiger partial charge in [-0.15, -0.1) is 0 Å². The zero-order valence-electron chi connectivity index (χ0n) is 17.2. The summed E-state index contributed by atoms with van der Waals surface area (Å²) in [6, 6.07) is 23.9. The highest BCUT2D eigenvalue weighted by atomic mass is 16.5. The molecule has 1 aromatic heterocycles. The van der Waals surface area contributed by atoms with Crippen LogP contribution in [-0.2, 0) is 16.0 Å². The standard InChI is InChI=1S/C26H23NO4/c1-2-31-23(28)14-13-20-24-21(18-11-7-4-8-12-18)15-19(17-9-5-3-6-10-17)16-22(24)27-25(20)26(29)30/h3-12,15-16,27H,2,13-14H2,1H3,(H,29,30). The van der Waals surface area contributed by atoms with Crippen LogP contribution in [0.3, 0.4) is 0 Å². The van der Waals surface area contributed by atoms with Crippen LogP contribution < -0.4 is 0 Å². The van der Waals surface area contributed by atoms with Crippen LogP contribution in [0.5, 0.6) is 0 Å². The average Bonchev–Trinajstić information content (AvgIpc) is 3.17. The number of esters is 1. The number of carboxylic acids is 1. The van der Waals surface area contributed by atoms with Gasteiger partial charge in [-0.05, 0) is 53.3 Å². The predicted octanol–water partition coefficient (Wildman–Crippen LogP) is 5.70. The minimum Gasteiger partial charge on any atom is -0.477 e. The molecule has 0 amide bonds. The third kappa shape index (κ3) is 4.21. The summed E-state index contributed by atoms with van der Waals surface area (Å²) >= 11 is 0. The molecule has 2 N–H and O–H groups in total. The Bertz CT molecular complexity index is 1230. The number of H-pyrrole nitrogens is 1. The minimum atomic E-state index is -1.05. The van der Waals surface area contributed by atoms with Gasteiger partial charge in [0.25, 0.3) is 0 Å². The summed E-state index contributed by atoms with van der Waals surface area (Å²) in [7, 11) is 0. The number of aromatic carboxylic acids is 1. The van der Waals surface area contributed by atoms with Crippen molar-refractivity contribution in [2.24, 2.45) is 0 Å². The lowest BCUT2D eigenvalue weighted by Crippen LogP contribution is -2.07. The van der Waals surface area contributed by atoms with Crippen molar-refractivity contribution in [1.82, 2.24) is 4.98 Å². The molecule has 0 unspecified atom stereocenters. The fraction of sp³-hybridized carbons (Fsp3) is 0.154. The van der Waals surface area contributed by atoms with Crippen molar-refractivity contribution in [3.05, 3.63) is 84.1 Å². The quantitative estimate of drug-likeness (QED) is 0.381. The maximum absolute atomic E-state index is 12.0. The first-order valence-corrected chi connectivity index (χ1v) is 10.3. The largest absolute Gasteiger partial charge is 0.477 e. The Morgan fingerprint density at radius 3 is 2.16 bits per heavy atom. The molecule has 0 radical (unpaired) electrons. The van der Waals surface area contributed by atoms with Crippen LogP contribution in [0.2, 0.25) is 0 Å². The van der Waals surface area contributed by atoms with Crippen molar-refractivity contribution in [3.8, 4) is 22.3 Å². The molecular formula is C26H23NO4. The molecule has 0 saturated heterocycles. The van der Waals surface area contributed by atoms with E-state index in [4.69, 9.17) is 4.74 Å². The van der Waals surface area contributed by atoms with Gasteiger partial charge in [0.1, 0.15) is 5.69 Å². The van der Waals surface area contributed by atoms with E-state index in [0.29, 0.717) is 12.2 Å². The van der Waals surface area contributed by atoms with Gasteiger partial charge in [0.15, 0.2) is 0 Å². The number of hydrogen-bond donors (Lipinski definition) is 2. The first kappa shape index (κ1) is 20.4. The van der Waals surface area contributed by atoms with Crippen LogP contribution in [-0.4, -0.2) is 28.6 Å². The Morgan fingerprint density at radius 2 is 1.55 bits per heavy atom. The molecule has 4 aromatic rings. The highest BCUT2D eigenvalue weighted by molar-refractivity contribution is 6.06. The summed E-state index contributed by atoms with van der Waals surface area (Å²) in [6.45, 7) is 2.05. The van der Waals surface area contributed by atoms with E-state index in [1.807, 2.05) is 66.7 Å². The van der Waals surface area contributed by atoms with Crippen LogP contribution in [0.1, 0.15) is 29.4 Å². The van der Waals surface area contributed by atoms with Gasteiger partial charge < -0.3 is 14.8 Å². The topological polar surface area (TPSA) is 79.4 Å². The maximum Gasteiger partial charge on any atom is 0.352 e. The first-order chi connectivity index (χ1) is 15.1. The van der Waals surface area contributed by atoms with Gasteiger partial charge >= 0.3 is 11.9 Å². The zero-order chi connectivity index (χ0) is 21.8. The lowest BCUT2D eigenvalue weighted by atomic mass is 9.92. The van der Waals surface area contributed by atoms with Crippen molar-refractivity contribution in [3.63, 3.8) is 0 Å². The van der Waals surface area contributed by atoms with E-state index < -0.39 is 5.97 Å². The summed E-state index contributed by atoms with van der Waals surface area (Å²) in [6.07, 6.45) is 0.403. The maximum atomic E-state index is 12.0. The monoisotopic (exact) mass is 413 g/mol. The number of aromatic amines is 1. The Kier molecular flexibility index (Phi) is 5.85. The number of aryl methyl sites for hydroxylation is 1. The van der Waals surface area contributed by atoms with E-state index in [-0.39, 0.29) is 24.5 Å². The summed E-state index contributed by atoms with van der Waals surface area (Å²) in [5.74, 6) is -1.38. The Morgan fingerprint density at radius 1 is 0.903 bits per heavy atom. The van der Waals surface area contributed by atoms with Crippen molar-refractivity contribution < 1.29 is 19.4 Å². The molecule has 31 heavy (non-hydrogen) atoms. The summed E-state index contributed by atoms with van der Waals surface area (Å²) in [4.78, 5) is 27.1. The smallest absolute Gasteiger partial charge is 0.352 e. The van der Waals surface area contributed by atoms with Crippen LogP contribution in [0.4, 0.5) is 0 Å². The number of nitrogens with one attached hydrogen (secondary N) is 1. The van der Waals surface area contributed by atoms with Crippen LogP contribution in [0.25, 0.3) is 33.2 Å². The molecule has 0 bridgehead atoms. The minimum absolute atomic E-state index is 0.113. The Labute approximate surface area is 180 Å². The third-order valence-electron chi connectivity index (χ3n) is 5.29. The molecule has 4 rings (SSSR count). The van der Waals surface area contributed by atoms with Crippen LogP contribution in [0, 0.1) is 0 Å². The third-order valence-corrected chi connectivity index (χ3v) is 5.29. The van der Waals surface area contributed by atoms with E-state index in [0.717, 1.165) is 33.2 Å². The normalized spacial score (nSPS) is 10.9. The second-order valence-corrected chi connectivity index (χ2v) is 7.27. The van der Waals surface area contributed by atoms with Gasteiger partial charge in [-0.1, -0.05) is 60.7 Å². The SMILES string of the molecule is CCOC(=O)CCc1c(C(=O)O)[nH]c2cc(-c3ccccc3)cc(-c3ccccc3)c12. The molecule has 3 aromatic carbocycles. The molecule has 0 atom stereocenters. The average molecular weight is 413 g/mol. The second-order valence-electron chi connectivity index (χ2n) is 7.27. The number of benzene rings is 3. The Hall–Kier alpha value is -3.86. The molecule has 0 fully saturated rings. The molecule has 5 nitrogen and oxygen atoms in total. The molecule has 0 aliphatic heterocycles. The molecule has 0 saturated carbocycles. The van der Waals surface area contributed by atoms with E-state index in [2.05, 4.69) is 11.1 Å². The molecule has 0 aliphatic carbocycles. The number of fused-ring (bicyclic) bond motifs is 1. The molecule has 1 heterocycles. The van der Waals surface area contributed by atoms with Crippen molar-refractivity contribution in [1.29, 1.82) is 0 Å². The molecule has 5 heteroatoms. The van der Waals surface area contributed by atoms with Crippen molar-refractivity contribution in [2.75, 3.05) is 6.61 Å². The number of rotatable bonds is 7. The van der Waals surface area contributed by atoms with Crippen molar-refractivity contribution in [2.45, 2.75) is 19.8 Å². The molecular weight excluding hydrogens is 390 g/mol. The number of carboxylic acid groups (broad SMARTS) is 1.